The van der Waals surface area contributed by atoms with Gasteiger partial charge in [-0.3, -0.25) is 9.69 Å². The minimum Gasteiger partial charge on any atom is -0.392 e. The molecule has 3 aromatic rings. The van der Waals surface area contributed by atoms with E-state index in [9.17, 15) is 31.9 Å². The van der Waals surface area contributed by atoms with Crippen LogP contribution in [0.25, 0.3) is 11.0 Å². The molecule has 0 saturated carbocycles. The van der Waals surface area contributed by atoms with Gasteiger partial charge in [0.25, 0.3) is 0 Å². The number of hydrogen-bond donors (Lipinski definition) is 3. The Morgan fingerprint density at radius 3 is 2.42 bits per heavy atom. The van der Waals surface area contributed by atoms with Gasteiger partial charge in [-0.25, -0.2) is 26.9 Å². The van der Waals surface area contributed by atoms with Gasteiger partial charge in [-0.1, -0.05) is 12.1 Å². The van der Waals surface area contributed by atoms with Gasteiger partial charge in [0, 0.05) is 18.7 Å². The van der Waals surface area contributed by atoms with E-state index >= 15 is 0 Å². The average Bonchev–Trinajstić information content (AvgIpc) is 3.34. The van der Waals surface area contributed by atoms with Crippen LogP contribution in [0.3, 0.4) is 0 Å². The first-order valence-corrected chi connectivity index (χ1v) is 9.40. The number of β-amino-alcohol motifs (C(OH)–C–C–N with tert-alkyl or cyclic N) is 1. The van der Waals surface area contributed by atoms with E-state index < -0.39 is 59.2 Å². The fourth-order valence-corrected chi connectivity index (χ4v) is 3.70. The van der Waals surface area contributed by atoms with Crippen LogP contribution < -0.4 is 5.32 Å². The van der Waals surface area contributed by atoms with Crippen molar-refractivity contribution in [1.82, 2.24) is 20.2 Å². The number of nitrogens with zero attached hydrogens (tertiary/aromatic N) is 2. The number of benzene rings is 2. The van der Waals surface area contributed by atoms with Crippen LogP contribution in [0.5, 0.6) is 0 Å². The molecule has 1 amide bonds. The second-order valence-electron chi connectivity index (χ2n) is 7.30. The van der Waals surface area contributed by atoms with Gasteiger partial charge < -0.3 is 15.4 Å². The van der Waals surface area contributed by atoms with E-state index in [1.807, 2.05) is 18.2 Å². The number of H-pyrrole nitrogens is 1. The Morgan fingerprint density at radius 2 is 1.74 bits per heavy atom. The first-order valence-electron chi connectivity index (χ1n) is 9.40. The maximum Gasteiger partial charge on any atom is 0.237 e. The number of hydrogen-bond acceptors (Lipinski definition) is 4. The molecule has 0 unspecified atom stereocenters. The second kappa shape index (κ2) is 8.23. The maximum atomic E-state index is 14.0. The molecular weight excluding hydrogens is 423 g/mol. The van der Waals surface area contributed by atoms with Gasteiger partial charge in [-0.05, 0) is 18.6 Å². The van der Waals surface area contributed by atoms with Gasteiger partial charge >= 0.3 is 0 Å². The normalized spacial score (nSPS) is 19.3. The lowest BCUT2D eigenvalue weighted by Crippen LogP contribution is -2.43. The summed E-state index contributed by atoms with van der Waals surface area (Å²) in [5, 5.41) is 12.6. The number of nitrogens with one attached hydrogen (secondary N) is 2. The lowest BCUT2D eigenvalue weighted by Gasteiger charge is -2.24. The monoisotopic (exact) mass is 440 g/mol. The number of carbonyl (C=O) groups excluding carboxylic acids is 1. The molecule has 2 aromatic carbocycles. The summed E-state index contributed by atoms with van der Waals surface area (Å²) in [6.07, 6.45) is -1.05. The van der Waals surface area contributed by atoms with Crippen molar-refractivity contribution in [2.24, 2.45) is 0 Å². The summed E-state index contributed by atoms with van der Waals surface area (Å²) in [4.78, 5) is 21.2. The number of likely N-dealkylation sites (tertiary alicyclic amines) is 1. The molecule has 0 radical (unpaired) electrons. The van der Waals surface area contributed by atoms with Crippen LogP contribution in [0.2, 0.25) is 0 Å². The zero-order chi connectivity index (χ0) is 22.3. The Hall–Kier alpha value is -3.05. The molecule has 0 spiro atoms. The minimum absolute atomic E-state index is 0.0243. The van der Waals surface area contributed by atoms with Crippen LogP contribution in [-0.2, 0) is 17.9 Å². The van der Waals surface area contributed by atoms with Crippen molar-refractivity contribution in [2.75, 3.05) is 6.54 Å². The Balaban J connectivity index is 1.49. The van der Waals surface area contributed by atoms with Crippen LogP contribution in [0.15, 0.2) is 24.3 Å². The van der Waals surface area contributed by atoms with Crippen LogP contribution in [0, 0.1) is 29.1 Å². The Labute approximate surface area is 172 Å². The Kier molecular flexibility index (Phi) is 5.63. The van der Waals surface area contributed by atoms with Gasteiger partial charge in [0.1, 0.15) is 5.82 Å². The molecule has 2 heterocycles. The summed E-state index contributed by atoms with van der Waals surface area (Å²) in [5.41, 5.74) is 0.424. The van der Waals surface area contributed by atoms with Crippen molar-refractivity contribution in [3.63, 3.8) is 0 Å². The molecule has 0 bridgehead atoms. The topological polar surface area (TPSA) is 81.2 Å². The van der Waals surface area contributed by atoms with E-state index in [4.69, 9.17) is 0 Å². The first kappa shape index (κ1) is 21.2. The highest BCUT2D eigenvalue weighted by Crippen LogP contribution is 2.27. The Bertz CT molecular complexity index is 1090. The van der Waals surface area contributed by atoms with E-state index in [2.05, 4.69) is 15.3 Å². The van der Waals surface area contributed by atoms with Gasteiger partial charge in [-0.15, -0.1) is 0 Å². The number of rotatable bonds is 5. The predicted octanol–water partition coefficient (Wildman–Crippen LogP) is 2.51. The smallest absolute Gasteiger partial charge is 0.237 e. The Morgan fingerprint density at radius 1 is 1.10 bits per heavy atom. The van der Waals surface area contributed by atoms with Crippen molar-refractivity contribution < 1.29 is 31.9 Å². The largest absolute Gasteiger partial charge is 0.392 e. The quantitative estimate of drug-likeness (QED) is 0.324. The zero-order valence-corrected chi connectivity index (χ0v) is 15.9. The molecule has 164 valence electrons. The average molecular weight is 440 g/mol. The van der Waals surface area contributed by atoms with Crippen LogP contribution in [-0.4, -0.2) is 44.6 Å². The van der Waals surface area contributed by atoms with E-state index in [1.54, 1.807) is 6.07 Å². The summed E-state index contributed by atoms with van der Waals surface area (Å²) in [7, 11) is 0. The first-order chi connectivity index (χ1) is 14.8. The molecule has 2 atom stereocenters. The molecule has 6 nitrogen and oxygen atoms in total. The third-order valence-corrected chi connectivity index (χ3v) is 5.21. The molecule has 31 heavy (non-hydrogen) atoms. The third-order valence-electron chi connectivity index (χ3n) is 5.21. The SMILES string of the molecule is O=C(NCc1nc2ccccc2[nH]1)[C@@H]1C[C@@H](O)CN1Cc1c(F)c(F)c(F)c(F)c1F. The molecular formula is C20H17F5N4O2. The van der Waals surface area contributed by atoms with E-state index in [-0.39, 0.29) is 19.5 Å². The number of aliphatic hydroxyl groups excluding tert-OH is 1. The standard InChI is InChI=1S/C20H17F5N4O2/c21-15-10(16(22)18(24)19(25)17(15)23)8-29-7-9(30)5-13(29)20(31)26-6-14-27-11-3-1-2-4-12(11)28-14/h1-4,9,13,30H,5-8H2,(H,26,31)(H,27,28)/t9-,13+/m1/s1. The van der Waals surface area contributed by atoms with Gasteiger partial charge in [0.15, 0.2) is 23.3 Å². The molecule has 11 heteroatoms. The summed E-state index contributed by atoms with van der Waals surface area (Å²) < 4.78 is 68.3. The lowest BCUT2D eigenvalue weighted by atomic mass is 10.1. The fraction of sp³-hybridized carbons (Fsp3) is 0.300. The molecule has 3 N–H and O–H groups in total. The molecule has 1 saturated heterocycles. The minimum atomic E-state index is -2.25. The number of amides is 1. The number of aromatic amines is 1. The summed E-state index contributed by atoms with van der Waals surface area (Å²) in [5.74, 6) is -10.4. The van der Waals surface area contributed by atoms with Crippen molar-refractivity contribution in [2.45, 2.75) is 31.7 Å². The number of imidazole rings is 1. The number of aliphatic hydroxyl groups is 1. The van der Waals surface area contributed by atoms with Crippen LogP contribution in [0.1, 0.15) is 17.8 Å². The van der Waals surface area contributed by atoms with Crippen LogP contribution in [0.4, 0.5) is 22.0 Å². The van der Waals surface area contributed by atoms with Crippen LogP contribution >= 0.6 is 0 Å². The highest BCUT2D eigenvalue weighted by Gasteiger charge is 2.38. The van der Waals surface area contributed by atoms with Gasteiger partial charge in [0.2, 0.25) is 11.7 Å². The number of aromatic nitrogens is 2. The van der Waals surface area contributed by atoms with E-state index in [0.29, 0.717) is 11.3 Å². The van der Waals surface area contributed by atoms with E-state index in [0.717, 1.165) is 5.52 Å². The molecule has 1 aliphatic rings. The number of carbonyl (C=O) groups is 1. The number of fused-ring (bicyclic) bond motifs is 1. The molecule has 4 rings (SSSR count). The molecule has 0 aliphatic carbocycles. The van der Waals surface area contributed by atoms with Crippen molar-refractivity contribution >= 4 is 16.9 Å². The van der Waals surface area contributed by atoms with Crippen molar-refractivity contribution in [3.8, 4) is 0 Å². The fourth-order valence-electron chi connectivity index (χ4n) is 3.70. The third kappa shape index (κ3) is 3.98. The molecule has 1 aliphatic heterocycles. The molecule has 1 aromatic heterocycles. The number of halogens is 5. The van der Waals surface area contributed by atoms with Crippen molar-refractivity contribution in [3.05, 3.63) is 64.7 Å². The summed E-state index contributed by atoms with van der Waals surface area (Å²) >= 11 is 0. The molecule has 1 fully saturated rings. The van der Waals surface area contributed by atoms with Gasteiger partial charge in [-0.2, -0.15) is 0 Å². The zero-order valence-electron chi connectivity index (χ0n) is 15.9. The summed E-state index contributed by atoms with van der Waals surface area (Å²) in [6, 6.07) is 6.21. The summed E-state index contributed by atoms with van der Waals surface area (Å²) in [6.45, 7) is -0.871. The highest BCUT2D eigenvalue weighted by molar-refractivity contribution is 5.82. The van der Waals surface area contributed by atoms with Crippen molar-refractivity contribution in [1.29, 1.82) is 0 Å². The predicted molar refractivity (Wildman–Crippen MR) is 99.0 cm³/mol. The number of para-hydroxylation sites is 2. The van der Waals surface area contributed by atoms with E-state index in [1.165, 1.54) is 4.90 Å². The maximum absolute atomic E-state index is 14.0. The lowest BCUT2D eigenvalue weighted by molar-refractivity contribution is -0.125. The second-order valence-corrected chi connectivity index (χ2v) is 7.30. The van der Waals surface area contributed by atoms with Gasteiger partial charge in [0.05, 0.1) is 29.7 Å². The highest BCUT2D eigenvalue weighted by atomic mass is 19.2.